The zero-order valence-electron chi connectivity index (χ0n) is 12.1. The van der Waals surface area contributed by atoms with Crippen LogP contribution in [-0.2, 0) is 11.3 Å². The predicted octanol–water partition coefficient (Wildman–Crippen LogP) is 0.574. The number of hydrogen-bond acceptors (Lipinski definition) is 5. The van der Waals surface area contributed by atoms with Crippen molar-refractivity contribution in [3.05, 3.63) is 22.7 Å². The normalized spacial score (nSPS) is 19.3. The number of halogens is 1. The summed E-state index contributed by atoms with van der Waals surface area (Å²) in [5, 5.41) is 16.6. The summed E-state index contributed by atoms with van der Waals surface area (Å²) in [6.07, 6.45) is 0. The molecule has 1 aliphatic heterocycles. The van der Waals surface area contributed by atoms with Crippen LogP contribution in [0.2, 0.25) is 5.02 Å². The first-order chi connectivity index (χ1) is 10.1. The second kappa shape index (κ2) is 6.98. The maximum absolute atomic E-state index is 11.9. The Morgan fingerprint density at radius 1 is 1.62 bits per heavy atom. The van der Waals surface area contributed by atoms with Gasteiger partial charge in [0.25, 0.3) is 0 Å². The summed E-state index contributed by atoms with van der Waals surface area (Å²) in [6.45, 7) is 2.53. The van der Waals surface area contributed by atoms with Crippen LogP contribution in [0.1, 0.15) is 5.56 Å². The molecule has 1 atom stereocenters. The lowest BCUT2D eigenvalue weighted by molar-refractivity contribution is -0.126. The molecule has 0 spiro atoms. The molecular formula is C14H20ClN3O3. The molecule has 0 radical (unpaired) electrons. The van der Waals surface area contributed by atoms with Crippen molar-refractivity contribution in [2.45, 2.75) is 12.6 Å². The van der Waals surface area contributed by atoms with Crippen molar-refractivity contribution in [3.63, 3.8) is 0 Å². The molecule has 0 bridgehead atoms. The molecule has 21 heavy (non-hydrogen) atoms. The quantitative estimate of drug-likeness (QED) is 0.758. The number of amides is 1. The van der Waals surface area contributed by atoms with Crippen molar-refractivity contribution in [1.29, 1.82) is 0 Å². The number of benzene rings is 1. The minimum atomic E-state index is -0.270. The lowest BCUT2D eigenvalue weighted by Gasteiger charge is -2.35. The van der Waals surface area contributed by atoms with Crippen molar-refractivity contribution >= 4 is 17.5 Å². The summed E-state index contributed by atoms with van der Waals surface area (Å²) in [6, 6.07) is 2.99. The number of likely N-dealkylation sites (N-methyl/N-ethyl adjacent to an activating group) is 1. The summed E-state index contributed by atoms with van der Waals surface area (Å²) in [5.74, 6) is 0.357. The monoisotopic (exact) mass is 313 g/mol. The smallest absolute Gasteiger partial charge is 0.238 e. The number of rotatable bonds is 4. The minimum absolute atomic E-state index is 0.0457. The summed E-state index contributed by atoms with van der Waals surface area (Å²) in [5.41, 5.74) is 0.648. The molecule has 6 nitrogen and oxygen atoms in total. The molecule has 1 aliphatic rings. The van der Waals surface area contributed by atoms with Gasteiger partial charge in [0.15, 0.2) is 11.5 Å². The van der Waals surface area contributed by atoms with E-state index in [0.29, 0.717) is 36.0 Å². The maximum atomic E-state index is 11.9. The number of piperazine rings is 1. The number of nitrogens with one attached hydrogen (secondary N) is 2. The molecule has 2 rings (SSSR count). The van der Waals surface area contributed by atoms with E-state index in [1.54, 1.807) is 19.2 Å². The molecule has 1 aromatic rings. The zero-order chi connectivity index (χ0) is 15.4. The van der Waals surface area contributed by atoms with Crippen LogP contribution in [0.25, 0.3) is 0 Å². The highest BCUT2D eigenvalue weighted by atomic mass is 35.5. The van der Waals surface area contributed by atoms with Gasteiger partial charge < -0.3 is 20.5 Å². The van der Waals surface area contributed by atoms with Gasteiger partial charge in [0.1, 0.15) is 6.04 Å². The third-order valence-electron chi connectivity index (χ3n) is 3.62. The molecule has 1 fully saturated rings. The second-order valence-electron chi connectivity index (χ2n) is 4.92. The third-order valence-corrected chi connectivity index (χ3v) is 3.83. The van der Waals surface area contributed by atoms with Crippen LogP contribution in [0.5, 0.6) is 11.5 Å². The molecule has 0 aromatic heterocycles. The van der Waals surface area contributed by atoms with Crippen molar-refractivity contribution in [1.82, 2.24) is 15.5 Å². The van der Waals surface area contributed by atoms with Crippen LogP contribution in [0, 0.1) is 0 Å². The van der Waals surface area contributed by atoms with Gasteiger partial charge in [-0.3, -0.25) is 9.69 Å². The van der Waals surface area contributed by atoms with Gasteiger partial charge in [-0.05, 0) is 6.07 Å². The van der Waals surface area contributed by atoms with Crippen molar-refractivity contribution < 1.29 is 14.6 Å². The number of ether oxygens (including phenoxy) is 1. The Labute approximate surface area is 129 Å². The van der Waals surface area contributed by atoms with Gasteiger partial charge in [-0.2, -0.15) is 0 Å². The Balaban J connectivity index is 2.23. The van der Waals surface area contributed by atoms with E-state index >= 15 is 0 Å². The molecule has 1 aromatic carbocycles. The van der Waals surface area contributed by atoms with Crippen LogP contribution in [0.4, 0.5) is 0 Å². The van der Waals surface area contributed by atoms with Crippen LogP contribution < -0.4 is 15.4 Å². The summed E-state index contributed by atoms with van der Waals surface area (Å²) >= 11 is 6.04. The van der Waals surface area contributed by atoms with E-state index in [0.717, 1.165) is 6.54 Å². The van der Waals surface area contributed by atoms with Gasteiger partial charge in [-0.25, -0.2) is 0 Å². The Kier molecular flexibility index (Phi) is 5.27. The highest BCUT2D eigenvalue weighted by Gasteiger charge is 2.28. The SMILES string of the molecule is CNC(=O)C1CNCCN1Cc1cc(Cl)cc(OC)c1O. The predicted molar refractivity (Wildman–Crippen MR) is 80.8 cm³/mol. The number of carbonyl (C=O) groups excluding carboxylic acids is 1. The highest BCUT2D eigenvalue weighted by molar-refractivity contribution is 6.30. The number of aromatic hydroxyl groups is 1. The first-order valence-electron chi connectivity index (χ1n) is 6.78. The molecule has 1 amide bonds. The Morgan fingerprint density at radius 3 is 3.05 bits per heavy atom. The molecule has 7 heteroatoms. The first-order valence-corrected chi connectivity index (χ1v) is 7.16. The Morgan fingerprint density at radius 2 is 2.38 bits per heavy atom. The maximum Gasteiger partial charge on any atom is 0.238 e. The third kappa shape index (κ3) is 3.58. The number of hydrogen-bond donors (Lipinski definition) is 3. The fourth-order valence-corrected chi connectivity index (χ4v) is 2.71. The molecule has 116 valence electrons. The van der Waals surface area contributed by atoms with Crippen molar-refractivity contribution in [2.24, 2.45) is 0 Å². The fraction of sp³-hybridized carbons (Fsp3) is 0.500. The summed E-state index contributed by atoms with van der Waals surface area (Å²) in [7, 11) is 3.10. The van der Waals surface area contributed by atoms with Crippen molar-refractivity contribution in [3.8, 4) is 11.5 Å². The van der Waals surface area contributed by atoms with Crippen LogP contribution in [0.15, 0.2) is 12.1 Å². The van der Waals surface area contributed by atoms with E-state index in [2.05, 4.69) is 10.6 Å². The number of phenols is 1. The van der Waals surface area contributed by atoms with Crippen molar-refractivity contribution in [2.75, 3.05) is 33.8 Å². The average Bonchev–Trinajstić information content (AvgIpc) is 2.50. The van der Waals surface area contributed by atoms with E-state index in [-0.39, 0.29) is 17.7 Å². The van der Waals surface area contributed by atoms with E-state index in [1.807, 2.05) is 4.90 Å². The van der Waals surface area contributed by atoms with Gasteiger partial charge in [0.2, 0.25) is 5.91 Å². The lowest BCUT2D eigenvalue weighted by Crippen LogP contribution is -2.56. The second-order valence-corrected chi connectivity index (χ2v) is 5.36. The number of phenolic OH excluding ortho intramolecular Hbond substituents is 1. The number of carbonyl (C=O) groups is 1. The van der Waals surface area contributed by atoms with E-state index in [4.69, 9.17) is 16.3 Å². The molecular weight excluding hydrogens is 294 g/mol. The zero-order valence-corrected chi connectivity index (χ0v) is 12.9. The van der Waals surface area contributed by atoms with Gasteiger partial charge in [-0.1, -0.05) is 11.6 Å². The average molecular weight is 314 g/mol. The molecule has 0 saturated carbocycles. The summed E-state index contributed by atoms with van der Waals surface area (Å²) in [4.78, 5) is 14.0. The van der Waals surface area contributed by atoms with E-state index < -0.39 is 0 Å². The molecule has 3 N–H and O–H groups in total. The number of methoxy groups -OCH3 is 1. The van der Waals surface area contributed by atoms with E-state index in [9.17, 15) is 9.90 Å². The molecule has 1 saturated heterocycles. The van der Waals surface area contributed by atoms with Crippen LogP contribution in [-0.4, -0.2) is 55.7 Å². The van der Waals surface area contributed by atoms with Crippen LogP contribution in [0.3, 0.4) is 0 Å². The standard InChI is InChI=1S/C14H20ClN3O3/c1-16-14(20)11-7-17-3-4-18(11)8-9-5-10(15)6-12(21-2)13(9)19/h5-6,11,17,19H,3-4,7-8H2,1-2H3,(H,16,20). The molecule has 0 aliphatic carbocycles. The summed E-state index contributed by atoms with van der Waals surface area (Å²) < 4.78 is 5.11. The van der Waals surface area contributed by atoms with Gasteiger partial charge in [0, 0.05) is 49.9 Å². The van der Waals surface area contributed by atoms with Crippen LogP contribution >= 0.6 is 11.6 Å². The Hall–Kier alpha value is -1.50. The van der Waals surface area contributed by atoms with E-state index in [1.165, 1.54) is 7.11 Å². The fourth-order valence-electron chi connectivity index (χ4n) is 2.48. The topological polar surface area (TPSA) is 73.8 Å². The Bertz CT molecular complexity index is 524. The first kappa shape index (κ1) is 15.9. The molecule has 1 unspecified atom stereocenters. The van der Waals surface area contributed by atoms with Gasteiger partial charge >= 0.3 is 0 Å². The van der Waals surface area contributed by atoms with Gasteiger partial charge in [-0.15, -0.1) is 0 Å². The lowest BCUT2D eigenvalue weighted by atomic mass is 10.1. The minimum Gasteiger partial charge on any atom is -0.504 e. The highest BCUT2D eigenvalue weighted by Crippen LogP contribution is 2.34. The largest absolute Gasteiger partial charge is 0.504 e. The van der Waals surface area contributed by atoms with Gasteiger partial charge in [0.05, 0.1) is 7.11 Å². The molecule has 1 heterocycles. The number of nitrogens with zero attached hydrogens (tertiary/aromatic N) is 1.